The van der Waals surface area contributed by atoms with Crippen molar-refractivity contribution in [2.24, 2.45) is 0 Å². The van der Waals surface area contributed by atoms with Gasteiger partial charge in [-0.25, -0.2) is 14.6 Å². The highest BCUT2D eigenvalue weighted by molar-refractivity contribution is 9.10. The molecule has 5 aromatic rings. The van der Waals surface area contributed by atoms with Crippen LogP contribution in [0.5, 0.6) is 5.75 Å². The van der Waals surface area contributed by atoms with Crippen molar-refractivity contribution in [2.75, 3.05) is 5.32 Å². The molecule has 0 atom stereocenters. The molecule has 5 rings (SSSR count). The molecule has 0 unspecified atom stereocenters. The molecule has 2 heterocycles. The van der Waals surface area contributed by atoms with E-state index in [1.807, 2.05) is 78.9 Å². The summed E-state index contributed by atoms with van der Waals surface area (Å²) in [5, 5.41) is 8.70. The molecule has 0 amide bonds. The molecule has 1 N–H and O–H groups in total. The fourth-order valence-corrected chi connectivity index (χ4v) is 3.64. The molecule has 0 bridgehead atoms. The zero-order valence-corrected chi connectivity index (χ0v) is 18.0. The molecule has 7 heteroatoms. The minimum absolute atomic E-state index is 0.537. The van der Waals surface area contributed by atoms with E-state index in [4.69, 9.17) is 4.74 Å². The van der Waals surface area contributed by atoms with Crippen molar-refractivity contribution in [3.8, 4) is 11.4 Å². The minimum Gasteiger partial charge on any atom is -0.489 e. The van der Waals surface area contributed by atoms with E-state index in [1.54, 1.807) is 10.9 Å². The molecule has 0 saturated carbocycles. The zero-order chi connectivity index (χ0) is 21.0. The van der Waals surface area contributed by atoms with Gasteiger partial charge in [0.2, 0.25) is 0 Å². The van der Waals surface area contributed by atoms with E-state index < -0.39 is 0 Å². The van der Waals surface area contributed by atoms with Gasteiger partial charge in [0.05, 0.1) is 17.3 Å². The van der Waals surface area contributed by atoms with Gasteiger partial charge in [-0.15, -0.1) is 0 Å². The number of aromatic nitrogens is 4. The van der Waals surface area contributed by atoms with Gasteiger partial charge in [-0.3, -0.25) is 0 Å². The van der Waals surface area contributed by atoms with Crippen molar-refractivity contribution >= 4 is 38.5 Å². The minimum atomic E-state index is 0.537. The van der Waals surface area contributed by atoms with Crippen LogP contribution >= 0.6 is 15.9 Å². The van der Waals surface area contributed by atoms with E-state index in [-0.39, 0.29) is 0 Å². The molecule has 0 saturated heterocycles. The molecule has 0 aliphatic heterocycles. The summed E-state index contributed by atoms with van der Waals surface area (Å²) >= 11 is 3.50. The van der Waals surface area contributed by atoms with Crippen LogP contribution in [-0.2, 0) is 6.61 Å². The van der Waals surface area contributed by atoms with Crippen LogP contribution in [0.1, 0.15) is 5.56 Å². The summed E-state index contributed by atoms with van der Waals surface area (Å²) in [4.78, 5) is 8.84. The smallest absolute Gasteiger partial charge is 0.168 e. The Balaban J connectivity index is 1.35. The fraction of sp³-hybridized carbons (Fsp3) is 0.0417. The monoisotopic (exact) mass is 471 g/mol. The Morgan fingerprint density at radius 3 is 2.55 bits per heavy atom. The lowest BCUT2D eigenvalue weighted by Crippen LogP contribution is -1.99. The molecule has 0 radical (unpaired) electrons. The van der Waals surface area contributed by atoms with Crippen LogP contribution in [0.15, 0.2) is 95.9 Å². The molecular weight excluding hydrogens is 454 g/mol. The number of hydrogen-bond donors (Lipinski definition) is 1. The van der Waals surface area contributed by atoms with Crippen molar-refractivity contribution in [3.05, 3.63) is 101 Å². The second-order valence-corrected chi connectivity index (χ2v) is 7.84. The molecule has 31 heavy (non-hydrogen) atoms. The molecule has 6 nitrogen and oxygen atoms in total. The molecule has 0 aliphatic carbocycles. The Kier molecular flexibility index (Phi) is 5.33. The van der Waals surface area contributed by atoms with E-state index >= 15 is 0 Å². The first kappa shape index (κ1) is 19.3. The van der Waals surface area contributed by atoms with Gasteiger partial charge in [0.25, 0.3) is 0 Å². The average Bonchev–Trinajstić information content (AvgIpc) is 3.25. The first-order valence-corrected chi connectivity index (χ1v) is 10.5. The highest BCUT2D eigenvalue weighted by Gasteiger charge is 2.11. The van der Waals surface area contributed by atoms with Crippen molar-refractivity contribution in [1.29, 1.82) is 0 Å². The predicted molar refractivity (Wildman–Crippen MR) is 125 cm³/mol. The highest BCUT2D eigenvalue weighted by Crippen LogP contribution is 2.26. The third-order valence-corrected chi connectivity index (χ3v) is 5.28. The summed E-state index contributed by atoms with van der Waals surface area (Å²) in [6, 6.07) is 25.8. The average molecular weight is 472 g/mol. The number of fused-ring (bicyclic) bond motifs is 1. The van der Waals surface area contributed by atoms with Gasteiger partial charge < -0.3 is 10.1 Å². The topological polar surface area (TPSA) is 64.9 Å². The molecule has 0 fully saturated rings. The standard InChI is InChI=1S/C24H18BrN5O/c25-18-7-4-8-20(13-18)30-24-22(14-28-30)23(26-16-27-24)29-19-9-11-21(12-10-19)31-15-17-5-2-1-3-6-17/h1-14,16H,15H2,(H,26,27,29). The van der Waals surface area contributed by atoms with E-state index in [0.29, 0.717) is 12.4 Å². The van der Waals surface area contributed by atoms with Crippen molar-refractivity contribution in [3.63, 3.8) is 0 Å². The summed E-state index contributed by atoms with van der Waals surface area (Å²) in [6.45, 7) is 0.537. The van der Waals surface area contributed by atoms with Crippen LogP contribution in [0.3, 0.4) is 0 Å². The van der Waals surface area contributed by atoms with Crippen molar-refractivity contribution in [2.45, 2.75) is 6.61 Å². The summed E-state index contributed by atoms with van der Waals surface area (Å²) in [6.07, 6.45) is 3.31. The Bertz CT molecular complexity index is 1320. The third kappa shape index (κ3) is 4.27. The molecule has 2 aromatic heterocycles. The summed E-state index contributed by atoms with van der Waals surface area (Å²) in [5.74, 6) is 1.51. The second kappa shape index (κ2) is 8.57. The molecular formula is C24H18BrN5O. The fourth-order valence-electron chi connectivity index (χ4n) is 3.25. The van der Waals surface area contributed by atoms with Crippen molar-refractivity contribution < 1.29 is 4.74 Å². The largest absolute Gasteiger partial charge is 0.489 e. The normalized spacial score (nSPS) is 10.9. The Morgan fingerprint density at radius 2 is 1.74 bits per heavy atom. The summed E-state index contributed by atoms with van der Waals surface area (Å²) < 4.78 is 8.64. The van der Waals surface area contributed by atoms with E-state index in [2.05, 4.69) is 36.3 Å². The number of halogens is 1. The molecule has 0 aliphatic rings. The first-order chi connectivity index (χ1) is 15.3. The van der Waals surface area contributed by atoms with Crippen LogP contribution in [-0.4, -0.2) is 19.7 Å². The number of anilines is 2. The van der Waals surface area contributed by atoms with E-state index in [9.17, 15) is 0 Å². The number of nitrogens with zero attached hydrogens (tertiary/aromatic N) is 4. The maximum Gasteiger partial charge on any atom is 0.168 e. The lowest BCUT2D eigenvalue weighted by atomic mass is 10.2. The van der Waals surface area contributed by atoms with E-state index in [0.717, 1.165) is 38.2 Å². The van der Waals surface area contributed by atoms with Crippen LogP contribution < -0.4 is 10.1 Å². The predicted octanol–water partition coefficient (Wildman–Crippen LogP) is 5.90. The highest BCUT2D eigenvalue weighted by atomic mass is 79.9. The van der Waals surface area contributed by atoms with Crippen molar-refractivity contribution in [1.82, 2.24) is 19.7 Å². The summed E-state index contributed by atoms with van der Waals surface area (Å²) in [7, 11) is 0. The lowest BCUT2D eigenvalue weighted by Gasteiger charge is -2.09. The second-order valence-electron chi connectivity index (χ2n) is 6.92. The summed E-state index contributed by atoms with van der Waals surface area (Å²) in [5.41, 5.74) is 3.70. The van der Waals surface area contributed by atoms with Crippen LogP contribution in [0.4, 0.5) is 11.5 Å². The van der Waals surface area contributed by atoms with Crippen LogP contribution in [0.25, 0.3) is 16.7 Å². The number of rotatable bonds is 6. The first-order valence-electron chi connectivity index (χ1n) is 9.75. The number of hydrogen-bond acceptors (Lipinski definition) is 5. The SMILES string of the molecule is Brc1cccc(-n2ncc3c(Nc4ccc(OCc5ccccc5)cc4)ncnc32)c1. The molecule has 0 spiro atoms. The van der Waals surface area contributed by atoms with Crippen LogP contribution in [0.2, 0.25) is 0 Å². The Hall–Kier alpha value is -3.71. The van der Waals surface area contributed by atoms with Gasteiger partial charge in [-0.2, -0.15) is 5.10 Å². The van der Waals surface area contributed by atoms with Gasteiger partial charge >= 0.3 is 0 Å². The Morgan fingerprint density at radius 1 is 0.903 bits per heavy atom. The van der Waals surface area contributed by atoms with E-state index in [1.165, 1.54) is 6.33 Å². The number of nitrogens with one attached hydrogen (secondary N) is 1. The van der Waals surface area contributed by atoms with Gasteiger partial charge in [-0.1, -0.05) is 52.3 Å². The van der Waals surface area contributed by atoms with Crippen LogP contribution in [0, 0.1) is 0 Å². The van der Waals surface area contributed by atoms with Gasteiger partial charge in [0.15, 0.2) is 5.65 Å². The molecule has 3 aromatic carbocycles. The lowest BCUT2D eigenvalue weighted by molar-refractivity contribution is 0.306. The Labute approximate surface area is 187 Å². The van der Waals surface area contributed by atoms with Gasteiger partial charge in [0, 0.05) is 10.2 Å². The third-order valence-electron chi connectivity index (χ3n) is 4.78. The van der Waals surface area contributed by atoms with Gasteiger partial charge in [-0.05, 0) is 48.0 Å². The number of ether oxygens (including phenoxy) is 1. The maximum absolute atomic E-state index is 5.86. The molecule has 152 valence electrons. The van der Waals surface area contributed by atoms with Gasteiger partial charge in [0.1, 0.15) is 24.5 Å². The number of benzene rings is 3. The quantitative estimate of drug-likeness (QED) is 0.333. The maximum atomic E-state index is 5.86. The zero-order valence-electron chi connectivity index (χ0n) is 16.4.